The second-order valence-electron chi connectivity index (χ2n) is 10.6. The minimum absolute atomic E-state index is 0.0178. The van der Waals surface area contributed by atoms with E-state index in [9.17, 15) is 40.4 Å². The first-order valence-electron chi connectivity index (χ1n) is 13.6. The number of benzene rings is 3. The molecule has 238 valence electrons. The summed E-state index contributed by atoms with van der Waals surface area (Å²) < 4.78 is 85.7. The number of H-pyrrole nitrogens is 1. The number of aromatic nitrogens is 3. The Morgan fingerprint density at radius 3 is 2.37 bits per heavy atom. The molecule has 2 heterocycles. The van der Waals surface area contributed by atoms with Crippen LogP contribution >= 0.6 is 22.6 Å². The van der Waals surface area contributed by atoms with Crippen LogP contribution in [0.1, 0.15) is 30.0 Å². The lowest BCUT2D eigenvalue weighted by molar-refractivity contribution is -0.137. The third-order valence-corrected chi connectivity index (χ3v) is 9.46. The van der Waals surface area contributed by atoms with E-state index in [0.717, 1.165) is 27.3 Å². The monoisotopic (exact) mass is 767 g/mol. The van der Waals surface area contributed by atoms with Gasteiger partial charge < -0.3 is 10.3 Å². The highest BCUT2D eigenvalue weighted by Gasteiger charge is 2.33. The van der Waals surface area contributed by atoms with Crippen LogP contribution in [-0.2, 0) is 16.2 Å². The van der Waals surface area contributed by atoms with Crippen molar-refractivity contribution < 1.29 is 26.0 Å². The summed E-state index contributed by atoms with van der Waals surface area (Å²) in [5.41, 5.74) is -3.56. The number of sulfonamides is 1. The van der Waals surface area contributed by atoms with Gasteiger partial charge in [0.1, 0.15) is 17.0 Å². The van der Waals surface area contributed by atoms with Gasteiger partial charge in [-0.3, -0.25) is 23.4 Å². The van der Waals surface area contributed by atoms with Crippen molar-refractivity contribution in [3.63, 3.8) is 0 Å². The topological polar surface area (TPSA) is 135 Å². The molecule has 2 aromatic heterocycles. The molecule has 3 aromatic carbocycles. The first-order chi connectivity index (χ1) is 21.7. The van der Waals surface area contributed by atoms with Crippen molar-refractivity contribution in [2.24, 2.45) is 0 Å². The molecule has 0 atom stereocenters. The van der Waals surface area contributed by atoms with Gasteiger partial charge in [0.05, 0.1) is 33.0 Å². The molecule has 1 fully saturated rings. The van der Waals surface area contributed by atoms with Gasteiger partial charge in [-0.2, -0.15) is 13.2 Å². The van der Waals surface area contributed by atoms with E-state index in [1.54, 1.807) is 6.07 Å². The Bertz CT molecular complexity index is 2350. The second-order valence-corrected chi connectivity index (χ2v) is 13.6. The zero-order valence-electron chi connectivity index (χ0n) is 23.6. The van der Waals surface area contributed by atoms with Crippen molar-refractivity contribution in [2.75, 3.05) is 10.0 Å². The Kier molecular flexibility index (Phi) is 7.82. The predicted molar refractivity (Wildman–Crippen MR) is 172 cm³/mol. The number of halogens is 5. The van der Waals surface area contributed by atoms with E-state index in [1.807, 2.05) is 22.6 Å². The summed E-state index contributed by atoms with van der Waals surface area (Å²) in [5, 5.41) is 2.66. The molecule has 1 aliphatic carbocycles. The number of alkyl halides is 3. The maximum Gasteiger partial charge on any atom is 0.416 e. The molecule has 0 unspecified atom stereocenters. The van der Waals surface area contributed by atoms with Crippen molar-refractivity contribution in [1.82, 2.24) is 14.1 Å². The van der Waals surface area contributed by atoms with Crippen molar-refractivity contribution in [3.05, 3.63) is 118 Å². The fraction of sp³-hybridized carbons (Fsp3) is 0.167. The van der Waals surface area contributed by atoms with Crippen molar-refractivity contribution in [3.8, 4) is 5.69 Å². The zero-order chi connectivity index (χ0) is 33.1. The van der Waals surface area contributed by atoms with Crippen LogP contribution in [0.2, 0.25) is 0 Å². The third-order valence-electron chi connectivity index (χ3n) is 7.41. The number of pyridine rings is 1. The van der Waals surface area contributed by atoms with Crippen molar-refractivity contribution in [2.45, 2.75) is 36.9 Å². The number of hydrogen-bond donors (Lipinski definition) is 3. The van der Waals surface area contributed by atoms with Crippen LogP contribution in [0.25, 0.3) is 16.6 Å². The Labute approximate surface area is 270 Å². The molecule has 46 heavy (non-hydrogen) atoms. The number of nitrogens with one attached hydrogen (secondary N) is 3. The highest BCUT2D eigenvalue weighted by molar-refractivity contribution is 14.1. The van der Waals surface area contributed by atoms with Crippen LogP contribution in [0.15, 0.2) is 86.0 Å². The summed E-state index contributed by atoms with van der Waals surface area (Å²) in [6, 6.07) is 12.5. The first kappa shape index (κ1) is 31.5. The number of anilines is 3. The molecule has 5 aromatic rings. The summed E-state index contributed by atoms with van der Waals surface area (Å²) in [6.45, 7) is 1.40. The molecule has 6 rings (SSSR count). The number of hydrogen-bond acceptors (Lipinski definition) is 6. The summed E-state index contributed by atoms with van der Waals surface area (Å²) in [4.78, 5) is 42.9. The van der Waals surface area contributed by atoms with Gasteiger partial charge >= 0.3 is 11.9 Å². The van der Waals surface area contributed by atoms with Gasteiger partial charge in [0.2, 0.25) is 0 Å². The number of nitrogens with zero attached hydrogens (tertiary/aromatic N) is 2. The molecule has 0 bridgehead atoms. The van der Waals surface area contributed by atoms with Gasteiger partial charge in [-0.1, -0.05) is 12.1 Å². The van der Waals surface area contributed by atoms with Crippen LogP contribution < -0.4 is 26.8 Å². The zero-order valence-corrected chi connectivity index (χ0v) is 26.6. The molecule has 1 aliphatic rings. The van der Waals surface area contributed by atoms with Crippen LogP contribution in [0.5, 0.6) is 0 Å². The van der Waals surface area contributed by atoms with Gasteiger partial charge in [-0.15, -0.1) is 0 Å². The van der Waals surface area contributed by atoms with Crippen LogP contribution in [0, 0.1) is 16.3 Å². The molecule has 0 amide bonds. The van der Waals surface area contributed by atoms with E-state index in [0.29, 0.717) is 22.5 Å². The number of fused-ring (bicyclic) bond motifs is 1. The normalized spacial score (nSPS) is 13.6. The van der Waals surface area contributed by atoms with E-state index < -0.39 is 55.3 Å². The van der Waals surface area contributed by atoms with E-state index in [2.05, 4.69) is 15.0 Å². The summed E-state index contributed by atoms with van der Waals surface area (Å²) in [6.07, 6.45) is -3.70. The quantitative estimate of drug-likeness (QED) is 0.142. The smallest absolute Gasteiger partial charge is 0.339 e. The van der Waals surface area contributed by atoms with E-state index >= 15 is 0 Å². The molecule has 1 saturated carbocycles. The number of aryl methyl sites for hydroxylation is 1. The molecule has 0 aliphatic heterocycles. The van der Waals surface area contributed by atoms with Gasteiger partial charge in [0, 0.05) is 15.2 Å². The van der Waals surface area contributed by atoms with Crippen LogP contribution in [0.4, 0.5) is 34.8 Å². The number of rotatable bonds is 7. The Morgan fingerprint density at radius 2 is 1.70 bits per heavy atom. The Morgan fingerprint density at radius 1 is 0.978 bits per heavy atom. The lowest BCUT2D eigenvalue weighted by atomic mass is 10.1. The predicted octanol–water partition coefficient (Wildman–Crippen LogP) is 5.79. The molecular weight excluding hydrogens is 745 g/mol. The minimum Gasteiger partial charge on any atom is -0.339 e. The van der Waals surface area contributed by atoms with Gasteiger partial charge in [-0.05, 0) is 97.0 Å². The Balaban J connectivity index is 1.54. The minimum atomic E-state index is -4.77. The average molecular weight is 767 g/mol. The maximum absolute atomic E-state index is 14.8. The largest absolute Gasteiger partial charge is 0.416 e. The standard InChI is InChI=1S/C30H22F4IN5O5S/c1-15-25-24(26(37-27(15)41)36-23-11-8-17(35)13-22(23)31)28(42)40(19-9-10-19)29(43)39(25)20-6-3-5-18(14-20)38-46(44,45)21-7-2-4-16(12-21)30(32,33)34/h2-8,11-14,19,38H,9-10H2,1H3,(H2,36,37,41). The first-order valence-corrected chi connectivity index (χ1v) is 16.2. The Hall–Kier alpha value is -4.45. The van der Waals surface area contributed by atoms with Gasteiger partial charge in [0.25, 0.3) is 21.1 Å². The van der Waals surface area contributed by atoms with E-state index in [4.69, 9.17) is 0 Å². The fourth-order valence-electron chi connectivity index (χ4n) is 5.06. The van der Waals surface area contributed by atoms with Crippen molar-refractivity contribution >= 4 is 60.7 Å². The van der Waals surface area contributed by atoms with Crippen molar-refractivity contribution in [1.29, 1.82) is 0 Å². The SMILES string of the molecule is Cc1c(=O)[nH]c(Nc2ccc(I)cc2F)c2c(=O)n(C3CC3)c(=O)n(-c3cccc(NS(=O)(=O)c4cccc(C(F)(F)F)c4)c3)c12. The van der Waals surface area contributed by atoms with Gasteiger partial charge in [0.15, 0.2) is 0 Å². The molecule has 0 spiro atoms. The van der Waals surface area contributed by atoms with Crippen LogP contribution in [-0.4, -0.2) is 22.5 Å². The second kappa shape index (κ2) is 11.4. The summed E-state index contributed by atoms with van der Waals surface area (Å²) in [5.74, 6) is -0.807. The molecule has 0 saturated heterocycles. The highest BCUT2D eigenvalue weighted by atomic mass is 127. The van der Waals surface area contributed by atoms with E-state index in [-0.39, 0.29) is 39.3 Å². The lowest BCUT2D eigenvalue weighted by Crippen LogP contribution is -2.40. The summed E-state index contributed by atoms with van der Waals surface area (Å²) in [7, 11) is -4.52. The fourth-order valence-corrected chi connectivity index (χ4v) is 6.61. The average Bonchev–Trinajstić information content (AvgIpc) is 3.82. The lowest BCUT2D eigenvalue weighted by Gasteiger charge is -2.19. The summed E-state index contributed by atoms with van der Waals surface area (Å²) >= 11 is 1.93. The molecule has 3 N–H and O–H groups in total. The molecule has 0 radical (unpaired) electrons. The highest BCUT2D eigenvalue weighted by Crippen LogP contribution is 2.34. The van der Waals surface area contributed by atoms with Gasteiger partial charge in [-0.25, -0.2) is 17.6 Å². The van der Waals surface area contributed by atoms with Crippen LogP contribution in [0.3, 0.4) is 0 Å². The molecule has 16 heteroatoms. The molecule has 10 nitrogen and oxygen atoms in total. The third kappa shape index (κ3) is 5.81. The molecular formula is C30H22F4IN5O5S. The maximum atomic E-state index is 14.8. The number of aromatic amines is 1. The van der Waals surface area contributed by atoms with E-state index in [1.165, 1.54) is 43.3 Å².